The number of aryl methyl sites for hydroxylation is 2. The van der Waals surface area contributed by atoms with Crippen LogP contribution in [0.15, 0.2) is 46.2 Å². The van der Waals surface area contributed by atoms with E-state index in [2.05, 4.69) is 0 Å². The van der Waals surface area contributed by atoms with Gasteiger partial charge in [-0.3, -0.25) is 0 Å². The number of nitrogens with two attached hydrogens (primary N) is 1. The minimum absolute atomic E-state index is 0.0553. The molecule has 11 heteroatoms. The molecule has 31 heavy (non-hydrogen) atoms. The van der Waals surface area contributed by atoms with Gasteiger partial charge in [-0.2, -0.15) is 4.31 Å². The molecule has 0 aromatic heterocycles. The van der Waals surface area contributed by atoms with E-state index in [1.54, 1.807) is 19.1 Å². The van der Waals surface area contributed by atoms with Crippen LogP contribution in [-0.4, -0.2) is 60.4 Å². The highest BCUT2D eigenvalue weighted by Crippen LogP contribution is 2.28. The number of piperazine rings is 1. The van der Waals surface area contributed by atoms with Crippen LogP contribution in [0.4, 0.5) is 5.69 Å². The fraction of sp³-hybridized carbons (Fsp3) is 0.350. The summed E-state index contributed by atoms with van der Waals surface area (Å²) in [5.74, 6) is -0.703. The molecule has 0 radical (unpaired) electrons. The van der Waals surface area contributed by atoms with Gasteiger partial charge >= 0.3 is 5.97 Å². The van der Waals surface area contributed by atoms with E-state index in [-0.39, 0.29) is 28.4 Å². The van der Waals surface area contributed by atoms with Crippen LogP contribution in [0.3, 0.4) is 0 Å². The monoisotopic (exact) mass is 467 g/mol. The van der Waals surface area contributed by atoms with Crippen LogP contribution in [0.2, 0.25) is 0 Å². The van der Waals surface area contributed by atoms with Gasteiger partial charge in [0.1, 0.15) is 0 Å². The summed E-state index contributed by atoms with van der Waals surface area (Å²) in [6, 6.07) is 9.20. The predicted octanol–water partition coefficient (Wildman–Crippen LogP) is 1.25. The first-order valence-corrected chi connectivity index (χ1v) is 12.5. The van der Waals surface area contributed by atoms with Crippen LogP contribution in [0.25, 0.3) is 0 Å². The lowest BCUT2D eigenvalue weighted by molar-refractivity contribution is 0.0601. The molecule has 168 valence electrons. The van der Waals surface area contributed by atoms with Crippen LogP contribution in [-0.2, 0) is 24.8 Å². The molecule has 0 unspecified atom stereocenters. The van der Waals surface area contributed by atoms with E-state index in [0.29, 0.717) is 24.3 Å². The van der Waals surface area contributed by atoms with E-state index in [1.165, 1.54) is 29.6 Å². The number of nitrogens with zero attached hydrogens (tertiary/aromatic N) is 2. The summed E-state index contributed by atoms with van der Waals surface area (Å²) in [6.07, 6.45) is 0. The van der Waals surface area contributed by atoms with Crippen LogP contribution in [0.1, 0.15) is 21.5 Å². The zero-order chi connectivity index (χ0) is 23.0. The van der Waals surface area contributed by atoms with Crippen LogP contribution in [0.5, 0.6) is 0 Å². The van der Waals surface area contributed by atoms with E-state index in [0.717, 1.165) is 5.56 Å². The van der Waals surface area contributed by atoms with Gasteiger partial charge in [-0.1, -0.05) is 17.7 Å². The zero-order valence-electron chi connectivity index (χ0n) is 17.5. The number of sulfonamides is 2. The van der Waals surface area contributed by atoms with E-state index in [4.69, 9.17) is 9.88 Å². The number of ether oxygens (including phenoxy) is 1. The average molecular weight is 468 g/mol. The Bertz CT molecular complexity index is 1220. The Morgan fingerprint density at radius 2 is 1.61 bits per heavy atom. The molecule has 0 atom stereocenters. The molecule has 0 amide bonds. The largest absolute Gasteiger partial charge is 0.465 e. The molecular weight excluding hydrogens is 442 g/mol. The number of anilines is 1. The van der Waals surface area contributed by atoms with Gasteiger partial charge in [0.2, 0.25) is 20.0 Å². The van der Waals surface area contributed by atoms with E-state index in [1.807, 2.05) is 17.9 Å². The molecule has 1 aliphatic rings. The standard InChI is InChI=1S/C20H25N3O6S2/c1-14-4-7-19(15(2)12-14)31(27,28)23-10-8-22(9-11-23)18-6-5-16(30(21,25)26)13-17(18)20(24)29-3/h4-7,12-13H,8-11H2,1-3H3,(H2,21,25,26). The Kier molecular flexibility index (Phi) is 6.42. The van der Waals surface area contributed by atoms with Gasteiger partial charge in [-0.05, 0) is 43.7 Å². The predicted molar refractivity (Wildman–Crippen MR) is 116 cm³/mol. The number of esters is 1. The lowest BCUT2D eigenvalue weighted by Crippen LogP contribution is -2.49. The van der Waals surface area contributed by atoms with Crippen LogP contribution >= 0.6 is 0 Å². The smallest absolute Gasteiger partial charge is 0.340 e. The Balaban J connectivity index is 1.86. The molecule has 0 saturated carbocycles. The SMILES string of the molecule is COC(=O)c1cc(S(N)(=O)=O)ccc1N1CCN(S(=O)(=O)c2ccc(C)cc2C)CC1. The van der Waals surface area contributed by atoms with Gasteiger partial charge in [0.05, 0.1) is 28.2 Å². The second-order valence-corrected chi connectivity index (χ2v) is 10.8. The Morgan fingerprint density at radius 1 is 0.968 bits per heavy atom. The Morgan fingerprint density at radius 3 is 2.16 bits per heavy atom. The van der Waals surface area contributed by atoms with Gasteiger partial charge in [-0.15, -0.1) is 0 Å². The maximum Gasteiger partial charge on any atom is 0.340 e. The van der Waals surface area contributed by atoms with Gasteiger partial charge in [0.15, 0.2) is 0 Å². The molecule has 2 aromatic carbocycles. The second kappa shape index (κ2) is 8.58. The molecule has 0 spiro atoms. The highest BCUT2D eigenvalue weighted by molar-refractivity contribution is 7.89. The third kappa shape index (κ3) is 4.74. The van der Waals surface area contributed by atoms with Crippen molar-refractivity contribution in [3.63, 3.8) is 0 Å². The zero-order valence-corrected chi connectivity index (χ0v) is 19.2. The second-order valence-electron chi connectivity index (χ2n) is 7.38. The first kappa shape index (κ1) is 23.2. The summed E-state index contributed by atoms with van der Waals surface area (Å²) in [5, 5.41) is 5.17. The lowest BCUT2D eigenvalue weighted by atomic mass is 10.1. The molecular formula is C20H25N3O6S2. The molecule has 1 aliphatic heterocycles. The number of carbonyl (C=O) groups is 1. The number of carbonyl (C=O) groups excluding carboxylic acids is 1. The molecule has 0 aliphatic carbocycles. The van der Waals surface area contributed by atoms with Crippen molar-refractivity contribution in [3.8, 4) is 0 Å². The minimum Gasteiger partial charge on any atom is -0.465 e. The average Bonchev–Trinajstić information content (AvgIpc) is 2.72. The lowest BCUT2D eigenvalue weighted by Gasteiger charge is -2.36. The van der Waals surface area contributed by atoms with E-state index >= 15 is 0 Å². The molecule has 1 fully saturated rings. The van der Waals surface area contributed by atoms with Crippen molar-refractivity contribution in [1.82, 2.24) is 4.31 Å². The van der Waals surface area contributed by atoms with Gasteiger partial charge in [0.25, 0.3) is 0 Å². The Hall–Kier alpha value is -2.47. The highest BCUT2D eigenvalue weighted by Gasteiger charge is 2.31. The maximum atomic E-state index is 13.1. The number of hydrogen-bond donors (Lipinski definition) is 1. The summed E-state index contributed by atoms with van der Waals surface area (Å²) in [5.41, 5.74) is 2.19. The summed E-state index contributed by atoms with van der Waals surface area (Å²) in [6.45, 7) is 4.75. The third-order valence-electron chi connectivity index (χ3n) is 5.23. The third-order valence-corrected chi connectivity index (χ3v) is 8.20. The molecule has 3 rings (SSSR count). The highest BCUT2D eigenvalue weighted by atomic mass is 32.2. The first-order valence-electron chi connectivity index (χ1n) is 9.52. The molecule has 0 bridgehead atoms. The quantitative estimate of drug-likeness (QED) is 0.656. The molecule has 1 saturated heterocycles. The van der Waals surface area contributed by atoms with Crippen LogP contribution < -0.4 is 10.0 Å². The summed E-state index contributed by atoms with van der Waals surface area (Å²) in [7, 11) is -6.45. The van der Waals surface area contributed by atoms with Gasteiger partial charge < -0.3 is 9.64 Å². The van der Waals surface area contributed by atoms with Crippen molar-refractivity contribution in [3.05, 3.63) is 53.1 Å². The van der Waals surface area contributed by atoms with Crippen molar-refractivity contribution >= 4 is 31.7 Å². The van der Waals surface area contributed by atoms with Gasteiger partial charge in [-0.25, -0.2) is 26.8 Å². The Labute approximate surface area is 182 Å². The number of methoxy groups -OCH3 is 1. The number of rotatable bonds is 5. The van der Waals surface area contributed by atoms with Crippen LogP contribution in [0, 0.1) is 13.8 Å². The summed E-state index contributed by atoms with van der Waals surface area (Å²) >= 11 is 0. The van der Waals surface area contributed by atoms with Crippen molar-refractivity contribution in [2.75, 3.05) is 38.2 Å². The normalized spacial score (nSPS) is 15.7. The van der Waals surface area contributed by atoms with Crippen molar-refractivity contribution < 1.29 is 26.4 Å². The fourth-order valence-corrected chi connectivity index (χ4v) is 5.81. The topological polar surface area (TPSA) is 127 Å². The van der Waals surface area contributed by atoms with E-state index < -0.39 is 26.0 Å². The number of hydrogen-bond acceptors (Lipinski definition) is 7. The molecule has 9 nitrogen and oxygen atoms in total. The number of primary sulfonamides is 1. The van der Waals surface area contributed by atoms with Crippen molar-refractivity contribution in [2.45, 2.75) is 23.6 Å². The fourth-order valence-electron chi connectivity index (χ4n) is 3.64. The summed E-state index contributed by atoms with van der Waals surface area (Å²) in [4.78, 5) is 14.1. The maximum absolute atomic E-state index is 13.1. The molecule has 1 heterocycles. The summed E-state index contributed by atoms with van der Waals surface area (Å²) < 4.78 is 55.7. The number of benzene rings is 2. The molecule has 2 N–H and O–H groups in total. The van der Waals surface area contributed by atoms with Crippen molar-refractivity contribution in [2.24, 2.45) is 5.14 Å². The van der Waals surface area contributed by atoms with E-state index in [9.17, 15) is 21.6 Å². The van der Waals surface area contributed by atoms with Gasteiger partial charge in [0, 0.05) is 26.2 Å². The van der Waals surface area contributed by atoms with Crippen molar-refractivity contribution in [1.29, 1.82) is 0 Å². The molecule has 2 aromatic rings. The first-order chi connectivity index (χ1) is 14.4. The minimum atomic E-state index is -3.99.